The zero-order valence-electron chi connectivity index (χ0n) is 12.9. The van der Waals surface area contributed by atoms with E-state index in [1.807, 2.05) is 13.8 Å². The van der Waals surface area contributed by atoms with Crippen LogP contribution in [0.1, 0.15) is 70.1 Å². The second kappa shape index (κ2) is 7.02. The van der Waals surface area contributed by atoms with E-state index >= 15 is 0 Å². The van der Waals surface area contributed by atoms with Crippen LogP contribution in [-0.2, 0) is 11.2 Å². The number of nitrogens with one attached hydrogen (secondary N) is 1. The van der Waals surface area contributed by atoms with E-state index in [-0.39, 0.29) is 11.8 Å². The summed E-state index contributed by atoms with van der Waals surface area (Å²) in [7, 11) is 0. The van der Waals surface area contributed by atoms with Crippen LogP contribution >= 0.6 is 0 Å². The van der Waals surface area contributed by atoms with Crippen LogP contribution in [0.4, 0.5) is 0 Å². The Bertz CT molecular complexity index is 464. The van der Waals surface area contributed by atoms with Crippen molar-refractivity contribution in [3.8, 4) is 0 Å². The van der Waals surface area contributed by atoms with Crippen molar-refractivity contribution in [2.24, 2.45) is 0 Å². The van der Waals surface area contributed by atoms with Crippen molar-refractivity contribution in [2.45, 2.75) is 70.3 Å². The second-order valence-corrected chi connectivity index (χ2v) is 6.25. The highest BCUT2D eigenvalue weighted by Gasteiger charge is 2.29. The number of nitrogens with zero attached hydrogens (tertiary/aromatic N) is 2. The number of hydrogen-bond donors (Lipinski definition) is 2. The Kier molecular flexibility index (Phi) is 5.33. The summed E-state index contributed by atoms with van der Waals surface area (Å²) in [4.78, 5) is 11.8. The lowest BCUT2D eigenvalue weighted by atomic mass is 9.85. The highest BCUT2D eigenvalue weighted by atomic mass is 16.4. The summed E-state index contributed by atoms with van der Waals surface area (Å²) in [6, 6.07) is 0. The van der Waals surface area contributed by atoms with Crippen LogP contribution in [-0.4, -0.2) is 33.4 Å². The smallest absolute Gasteiger partial charge is 0.220 e. The molecule has 6 heteroatoms. The predicted octanol–water partition coefficient (Wildman–Crippen LogP) is 1.94. The van der Waals surface area contributed by atoms with E-state index in [9.17, 15) is 9.90 Å². The van der Waals surface area contributed by atoms with Crippen LogP contribution < -0.4 is 5.32 Å². The van der Waals surface area contributed by atoms with Gasteiger partial charge in [-0.1, -0.05) is 33.1 Å². The first-order chi connectivity index (χ1) is 9.98. The van der Waals surface area contributed by atoms with Crippen LogP contribution in [0, 0.1) is 0 Å². The number of aromatic nitrogens is 2. The minimum Gasteiger partial charge on any atom is -0.425 e. The molecular weight excluding hydrogens is 270 g/mol. The van der Waals surface area contributed by atoms with Crippen molar-refractivity contribution in [3.63, 3.8) is 0 Å². The molecule has 2 rings (SSSR count). The summed E-state index contributed by atoms with van der Waals surface area (Å²) in [6.07, 6.45) is 5.52. The molecule has 1 aliphatic rings. The maximum Gasteiger partial charge on any atom is 0.220 e. The molecule has 21 heavy (non-hydrogen) atoms. The molecule has 1 aromatic rings. The number of aliphatic hydroxyl groups is 1. The molecule has 1 aromatic heterocycles. The third kappa shape index (κ3) is 4.81. The van der Waals surface area contributed by atoms with Gasteiger partial charge in [-0.2, -0.15) is 0 Å². The average molecular weight is 295 g/mol. The molecule has 0 bridgehead atoms. The number of rotatable bonds is 6. The van der Waals surface area contributed by atoms with E-state index in [0.29, 0.717) is 31.2 Å². The van der Waals surface area contributed by atoms with E-state index in [1.54, 1.807) is 0 Å². The molecule has 0 saturated heterocycles. The summed E-state index contributed by atoms with van der Waals surface area (Å²) in [5.74, 6) is 1.20. The van der Waals surface area contributed by atoms with Crippen molar-refractivity contribution in [1.29, 1.82) is 0 Å². The number of carbonyl (C=O) groups is 1. The first-order valence-electron chi connectivity index (χ1n) is 7.80. The van der Waals surface area contributed by atoms with Gasteiger partial charge in [-0.25, -0.2) is 0 Å². The van der Waals surface area contributed by atoms with Gasteiger partial charge in [0.1, 0.15) is 0 Å². The molecule has 0 spiro atoms. The molecule has 2 N–H and O–H groups in total. The van der Waals surface area contributed by atoms with Crippen LogP contribution in [0.15, 0.2) is 4.42 Å². The Morgan fingerprint density at radius 2 is 2.05 bits per heavy atom. The first kappa shape index (κ1) is 15.9. The maximum absolute atomic E-state index is 11.8. The number of hydrogen-bond acceptors (Lipinski definition) is 5. The van der Waals surface area contributed by atoms with Gasteiger partial charge in [-0.15, -0.1) is 10.2 Å². The topological polar surface area (TPSA) is 88.2 Å². The first-order valence-corrected chi connectivity index (χ1v) is 7.80. The zero-order chi connectivity index (χ0) is 15.3. The normalized spacial score (nSPS) is 17.9. The molecule has 6 nitrogen and oxygen atoms in total. The number of amides is 1. The van der Waals surface area contributed by atoms with Crippen molar-refractivity contribution in [3.05, 3.63) is 11.8 Å². The summed E-state index contributed by atoms with van der Waals surface area (Å²) in [5, 5.41) is 21.0. The van der Waals surface area contributed by atoms with Crippen LogP contribution in [0.3, 0.4) is 0 Å². The van der Waals surface area contributed by atoms with Crippen molar-refractivity contribution >= 4 is 5.91 Å². The lowest BCUT2D eigenvalue weighted by molar-refractivity contribution is -0.122. The van der Waals surface area contributed by atoms with E-state index in [2.05, 4.69) is 15.5 Å². The van der Waals surface area contributed by atoms with E-state index < -0.39 is 5.60 Å². The Balaban J connectivity index is 1.71. The van der Waals surface area contributed by atoms with Crippen molar-refractivity contribution < 1.29 is 14.3 Å². The Hall–Kier alpha value is -1.43. The van der Waals surface area contributed by atoms with E-state index in [0.717, 1.165) is 25.7 Å². The van der Waals surface area contributed by atoms with Gasteiger partial charge in [0.2, 0.25) is 17.7 Å². The third-order valence-corrected chi connectivity index (χ3v) is 3.94. The molecule has 0 radical (unpaired) electrons. The van der Waals surface area contributed by atoms with Crippen LogP contribution in [0.5, 0.6) is 0 Å². The highest BCUT2D eigenvalue weighted by Crippen LogP contribution is 2.27. The Labute approximate surface area is 125 Å². The van der Waals surface area contributed by atoms with Gasteiger partial charge in [0.25, 0.3) is 0 Å². The predicted molar refractivity (Wildman–Crippen MR) is 77.8 cm³/mol. The number of aryl methyl sites for hydroxylation is 1. The van der Waals surface area contributed by atoms with Crippen molar-refractivity contribution in [2.75, 3.05) is 6.54 Å². The van der Waals surface area contributed by atoms with Crippen LogP contribution in [0.25, 0.3) is 0 Å². The summed E-state index contributed by atoms with van der Waals surface area (Å²) < 4.78 is 5.46. The molecule has 0 unspecified atom stereocenters. The minimum absolute atomic E-state index is 0.0849. The molecule has 1 saturated carbocycles. The second-order valence-electron chi connectivity index (χ2n) is 6.25. The highest BCUT2D eigenvalue weighted by molar-refractivity contribution is 5.76. The third-order valence-electron chi connectivity index (χ3n) is 3.94. The lowest BCUT2D eigenvalue weighted by Crippen LogP contribution is -2.44. The number of carbonyl (C=O) groups excluding carboxylic acids is 1. The van der Waals surface area contributed by atoms with Gasteiger partial charge in [-0.3, -0.25) is 4.79 Å². The summed E-state index contributed by atoms with van der Waals surface area (Å²) in [5.41, 5.74) is -0.719. The van der Waals surface area contributed by atoms with Gasteiger partial charge in [-0.05, 0) is 12.8 Å². The van der Waals surface area contributed by atoms with Gasteiger partial charge in [0, 0.05) is 25.3 Å². The van der Waals surface area contributed by atoms with Gasteiger partial charge in [0.05, 0.1) is 5.60 Å². The molecule has 1 fully saturated rings. The monoisotopic (exact) mass is 295 g/mol. The maximum atomic E-state index is 11.8. The SMILES string of the molecule is CC(C)c1nnc(CCC(=O)NCC2(O)CCCCC2)o1. The Morgan fingerprint density at radius 3 is 2.67 bits per heavy atom. The summed E-state index contributed by atoms with van der Waals surface area (Å²) >= 11 is 0. The zero-order valence-corrected chi connectivity index (χ0v) is 12.9. The van der Waals surface area contributed by atoms with E-state index in [1.165, 1.54) is 6.42 Å². The van der Waals surface area contributed by atoms with Gasteiger partial charge in [0.15, 0.2) is 0 Å². The van der Waals surface area contributed by atoms with Crippen LogP contribution in [0.2, 0.25) is 0 Å². The molecular formula is C15H25N3O3. The van der Waals surface area contributed by atoms with E-state index in [4.69, 9.17) is 4.42 Å². The fourth-order valence-electron chi connectivity index (χ4n) is 2.56. The van der Waals surface area contributed by atoms with Crippen molar-refractivity contribution in [1.82, 2.24) is 15.5 Å². The minimum atomic E-state index is -0.719. The molecule has 1 aliphatic carbocycles. The molecule has 118 valence electrons. The molecule has 1 amide bonds. The molecule has 0 atom stereocenters. The van der Waals surface area contributed by atoms with Gasteiger partial charge >= 0.3 is 0 Å². The molecule has 0 aromatic carbocycles. The fourth-order valence-corrected chi connectivity index (χ4v) is 2.56. The Morgan fingerprint density at radius 1 is 1.33 bits per heavy atom. The molecule has 0 aliphatic heterocycles. The molecule has 1 heterocycles. The average Bonchev–Trinajstić information content (AvgIpc) is 2.93. The standard InChI is InChI=1S/C15H25N3O3/c1-11(2)14-18-17-13(21-14)7-6-12(19)16-10-15(20)8-4-3-5-9-15/h11,20H,3-10H2,1-2H3,(H,16,19). The lowest BCUT2D eigenvalue weighted by Gasteiger charge is -2.32. The quantitative estimate of drug-likeness (QED) is 0.837. The largest absolute Gasteiger partial charge is 0.425 e. The summed E-state index contributed by atoms with van der Waals surface area (Å²) in [6.45, 7) is 4.30. The fraction of sp³-hybridized carbons (Fsp3) is 0.800. The van der Waals surface area contributed by atoms with Gasteiger partial charge < -0.3 is 14.8 Å².